The lowest BCUT2D eigenvalue weighted by Gasteiger charge is -2.36. The maximum absolute atomic E-state index is 11.3. The molecular weight excluding hydrogens is 300 g/mol. The van der Waals surface area contributed by atoms with Crippen LogP contribution in [0.3, 0.4) is 0 Å². The predicted molar refractivity (Wildman–Crippen MR) is 98.3 cm³/mol. The van der Waals surface area contributed by atoms with Crippen molar-refractivity contribution in [1.82, 2.24) is 10.2 Å². The van der Waals surface area contributed by atoms with Gasteiger partial charge in [0.25, 0.3) is 0 Å². The molecule has 2 N–H and O–H groups in total. The van der Waals surface area contributed by atoms with Gasteiger partial charge < -0.3 is 15.2 Å². The van der Waals surface area contributed by atoms with Gasteiger partial charge >= 0.3 is 0 Å². The molecule has 0 bridgehead atoms. The summed E-state index contributed by atoms with van der Waals surface area (Å²) in [7, 11) is 1.69. The second-order valence-electron chi connectivity index (χ2n) is 6.99. The summed E-state index contributed by atoms with van der Waals surface area (Å²) in [6, 6.07) is 8.13. The number of nitrogens with one attached hydrogen (secondary N) is 1. The van der Waals surface area contributed by atoms with E-state index in [-0.39, 0.29) is 0 Å². The van der Waals surface area contributed by atoms with E-state index in [1.165, 1.54) is 6.42 Å². The highest BCUT2D eigenvalue weighted by Gasteiger charge is 2.34. The molecule has 2 fully saturated rings. The Bertz CT molecular complexity index is 541. The molecule has 1 saturated heterocycles. The lowest BCUT2D eigenvalue weighted by Crippen LogP contribution is -2.43. The molecule has 0 radical (unpaired) electrons. The summed E-state index contributed by atoms with van der Waals surface area (Å²) < 4.78 is 5.28. The van der Waals surface area contributed by atoms with Gasteiger partial charge in [0.05, 0.1) is 12.7 Å². The van der Waals surface area contributed by atoms with Crippen LogP contribution in [0.4, 0.5) is 0 Å². The molecule has 24 heavy (non-hydrogen) atoms. The summed E-state index contributed by atoms with van der Waals surface area (Å²) in [5.41, 5.74) is 1.54. The van der Waals surface area contributed by atoms with Gasteiger partial charge in [-0.1, -0.05) is 37.5 Å². The highest BCUT2D eigenvalue weighted by molar-refractivity contribution is 5.72. The minimum absolute atomic E-state index is 0.680. The van der Waals surface area contributed by atoms with Gasteiger partial charge in [-0.25, -0.2) is 0 Å². The van der Waals surface area contributed by atoms with Crippen LogP contribution in [0.1, 0.15) is 37.7 Å². The summed E-state index contributed by atoms with van der Waals surface area (Å²) in [5.74, 6) is 0.857. The Hall–Kier alpha value is -1.36. The Morgan fingerprint density at radius 3 is 2.46 bits per heavy atom. The molecule has 4 heteroatoms. The maximum atomic E-state index is 11.3. The highest BCUT2D eigenvalue weighted by Crippen LogP contribution is 2.39. The fourth-order valence-electron chi connectivity index (χ4n) is 3.87. The Morgan fingerprint density at radius 2 is 1.83 bits per heavy atom. The molecule has 1 aromatic carbocycles. The molecule has 1 aromatic rings. The maximum Gasteiger partial charge on any atom is 0.118 e. The third kappa shape index (κ3) is 4.18. The van der Waals surface area contributed by atoms with Crippen LogP contribution in [-0.2, 0) is 0 Å². The van der Waals surface area contributed by atoms with Crippen molar-refractivity contribution in [2.75, 3.05) is 39.8 Å². The molecule has 3 rings (SSSR count). The van der Waals surface area contributed by atoms with Crippen LogP contribution in [0, 0.1) is 0 Å². The van der Waals surface area contributed by atoms with Crippen molar-refractivity contribution in [2.24, 2.45) is 0 Å². The Morgan fingerprint density at radius 1 is 1.17 bits per heavy atom. The highest BCUT2D eigenvalue weighted by atomic mass is 16.5. The minimum atomic E-state index is -0.680. The van der Waals surface area contributed by atoms with Crippen LogP contribution in [0.15, 0.2) is 30.3 Å². The summed E-state index contributed by atoms with van der Waals surface area (Å²) in [6.07, 6.45) is 7.45. The first kappa shape index (κ1) is 17.5. The van der Waals surface area contributed by atoms with Crippen molar-refractivity contribution >= 4 is 5.57 Å². The van der Waals surface area contributed by atoms with Crippen molar-refractivity contribution in [3.8, 4) is 5.75 Å². The average Bonchev–Trinajstić information content (AvgIpc) is 2.64. The number of methoxy groups -OCH3 is 1. The number of hydrogen-bond acceptors (Lipinski definition) is 4. The summed E-state index contributed by atoms with van der Waals surface area (Å²) in [5, 5.41) is 14.7. The number of ether oxygens (including phenoxy) is 1. The molecular formula is C20H30N2O2. The Kier molecular flexibility index (Phi) is 5.93. The quantitative estimate of drug-likeness (QED) is 0.871. The molecule has 0 amide bonds. The van der Waals surface area contributed by atoms with E-state index < -0.39 is 5.60 Å². The lowest BCUT2D eigenvalue weighted by atomic mass is 9.76. The average molecular weight is 330 g/mol. The largest absolute Gasteiger partial charge is 0.497 e. The van der Waals surface area contributed by atoms with Crippen LogP contribution in [-0.4, -0.2) is 55.4 Å². The number of benzene rings is 1. The third-order valence-electron chi connectivity index (χ3n) is 5.35. The van der Waals surface area contributed by atoms with Crippen LogP contribution in [0.5, 0.6) is 5.75 Å². The first-order chi connectivity index (χ1) is 11.7. The summed E-state index contributed by atoms with van der Waals surface area (Å²) in [4.78, 5) is 2.45. The predicted octanol–water partition coefficient (Wildman–Crippen LogP) is 2.68. The van der Waals surface area contributed by atoms with Gasteiger partial charge in [-0.15, -0.1) is 0 Å². The van der Waals surface area contributed by atoms with Gasteiger partial charge in [0.2, 0.25) is 0 Å². The number of hydrogen-bond donors (Lipinski definition) is 2. The fourth-order valence-corrected chi connectivity index (χ4v) is 3.87. The van der Waals surface area contributed by atoms with Crippen LogP contribution in [0.25, 0.3) is 5.57 Å². The third-order valence-corrected chi connectivity index (χ3v) is 5.35. The van der Waals surface area contributed by atoms with E-state index in [0.29, 0.717) is 0 Å². The second-order valence-corrected chi connectivity index (χ2v) is 6.99. The molecule has 132 valence electrons. The minimum Gasteiger partial charge on any atom is -0.497 e. The molecule has 4 nitrogen and oxygen atoms in total. The number of aliphatic hydroxyl groups is 1. The molecule has 0 aromatic heterocycles. The van der Waals surface area contributed by atoms with Gasteiger partial charge in [-0.2, -0.15) is 0 Å². The standard InChI is InChI=1S/C20H30N2O2/c1-24-18-7-5-17(6-8-18)19(20(23)10-3-2-4-11-20)9-14-22-15-12-21-13-16-22/h5-9,21,23H,2-4,10-16H2,1H3/b19-9-. The van der Waals surface area contributed by atoms with Gasteiger partial charge in [-0.3, -0.25) is 4.90 Å². The number of piperazine rings is 1. The van der Waals surface area contributed by atoms with E-state index in [1.807, 2.05) is 12.1 Å². The molecule has 1 heterocycles. The van der Waals surface area contributed by atoms with Crippen molar-refractivity contribution < 1.29 is 9.84 Å². The zero-order valence-corrected chi connectivity index (χ0v) is 14.8. The van der Waals surface area contributed by atoms with Gasteiger partial charge in [0.15, 0.2) is 0 Å². The van der Waals surface area contributed by atoms with E-state index in [2.05, 4.69) is 28.4 Å². The van der Waals surface area contributed by atoms with E-state index in [0.717, 1.165) is 75.3 Å². The topological polar surface area (TPSA) is 44.7 Å². The van der Waals surface area contributed by atoms with E-state index in [9.17, 15) is 5.11 Å². The van der Waals surface area contributed by atoms with Gasteiger partial charge in [0, 0.05) is 32.7 Å². The number of nitrogens with zero attached hydrogens (tertiary/aromatic N) is 1. The molecule has 0 spiro atoms. The SMILES string of the molecule is COc1ccc(/C(=C/CN2CCNCC2)C2(O)CCCCC2)cc1. The first-order valence-electron chi connectivity index (χ1n) is 9.22. The van der Waals surface area contributed by atoms with E-state index >= 15 is 0 Å². The van der Waals surface area contributed by atoms with Crippen LogP contribution < -0.4 is 10.1 Å². The van der Waals surface area contributed by atoms with Crippen LogP contribution in [0.2, 0.25) is 0 Å². The summed E-state index contributed by atoms with van der Waals surface area (Å²) >= 11 is 0. The first-order valence-corrected chi connectivity index (χ1v) is 9.22. The smallest absolute Gasteiger partial charge is 0.118 e. The van der Waals surface area contributed by atoms with E-state index in [4.69, 9.17) is 4.74 Å². The van der Waals surface area contributed by atoms with Crippen molar-refractivity contribution in [3.63, 3.8) is 0 Å². The molecule has 1 aliphatic heterocycles. The number of rotatable bonds is 5. The zero-order chi connectivity index (χ0) is 16.8. The molecule has 0 unspecified atom stereocenters. The zero-order valence-electron chi connectivity index (χ0n) is 14.8. The molecule has 0 atom stereocenters. The monoisotopic (exact) mass is 330 g/mol. The summed E-state index contributed by atoms with van der Waals surface area (Å²) in [6.45, 7) is 5.16. The van der Waals surface area contributed by atoms with Crippen molar-refractivity contribution in [1.29, 1.82) is 0 Å². The molecule has 2 aliphatic rings. The second kappa shape index (κ2) is 8.15. The molecule has 1 saturated carbocycles. The van der Waals surface area contributed by atoms with Crippen LogP contribution >= 0.6 is 0 Å². The Labute approximate surface area is 145 Å². The lowest BCUT2D eigenvalue weighted by molar-refractivity contribution is 0.0610. The van der Waals surface area contributed by atoms with Gasteiger partial charge in [0.1, 0.15) is 5.75 Å². The van der Waals surface area contributed by atoms with Gasteiger partial charge in [-0.05, 0) is 36.1 Å². The van der Waals surface area contributed by atoms with Crippen molar-refractivity contribution in [2.45, 2.75) is 37.7 Å². The van der Waals surface area contributed by atoms with Crippen molar-refractivity contribution in [3.05, 3.63) is 35.9 Å². The fraction of sp³-hybridized carbons (Fsp3) is 0.600. The Balaban J connectivity index is 1.84. The normalized spacial score (nSPS) is 22.3. The molecule has 1 aliphatic carbocycles. The van der Waals surface area contributed by atoms with E-state index in [1.54, 1.807) is 7.11 Å².